The third-order valence-electron chi connectivity index (χ3n) is 2.28. The predicted octanol–water partition coefficient (Wildman–Crippen LogP) is 1.18. The summed E-state index contributed by atoms with van der Waals surface area (Å²) in [6, 6.07) is 6.32. The van der Waals surface area contributed by atoms with Gasteiger partial charge in [-0.15, -0.1) is 11.8 Å². The van der Waals surface area contributed by atoms with Crippen molar-refractivity contribution in [1.29, 1.82) is 0 Å². The summed E-state index contributed by atoms with van der Waals surface area (Å²) >= 11 is 1.56. The normalized spacial score (nSPS) is 25.3. The molecule has 1 aromatic carbocycles. The van der Waals surface area contributed by atoms with Crippen LogP contribution in [-0.4, -0.2) is 28.0 Å². The molecule has 80 valence electrons. The van der Waals surface area contributed by atoms with Gasteiger partial charge in [0.15, 0.2) is 0 Å². The Morgan fingerprint density at radius 2 is 2.07 bits per heavy atom. The lowest BCUT2D eigenvalue weighted by Gasteiger charge is -2.10. The van der Waals surface area contributed by atoms with Crippen LogP contribution in [0.5, 0.6) is 5.75 Å². The minimum Gasteiger partial charge on any atom is -0.508 e. The SMILES string of the molecule is O=C(O)[C@H]1CSC(c2ccc(O)cc2)N1. The quantitative estimate of drug-likeness (QED) is 0.705. The number of thioether (sulfide) groups is 1. The second-order valence-electron chi connectivity index (χ2n) is 3.36. The van der Waals surface area contributed by atoms with Crippen LogP contribution in [0.2, 0.25) is 0 Å². The highest BCUT2D eigenvalue weighted by Gasteiger charge is 2.29. The van der Waals surface area contributed by atoms with E-state index >= 15 is 0 Å². The van der Waals surface area contributed by atoms with Gasteiger partial charge < -0.3 is 10.2 Å². The van der Waals surface area contributed by atoms with Gasteiger partial charge in [-0.05, 0) is 17.7 Å². The van der Waals surface area contributed by atoms with Gasteiger partial charge in [0.2, 0.25) is 0 Å². The number of hydrogen-bond donors (Lipinski definition) is 3. The van der Waals surface area contributed by atoms with Crippen molar-refractivity contribution < 1.29 is 15.0 Å². The number of carboxylic acid groups (broad SMARTS) is 1. The zero-order chi connectivity index (χ0) is 10.8. The smallest absolute Gasteiger partial charge is 0.321 e. The predicted molar refractivity (Wildman–Crippen MR) is 57.9 cm³/mol. The first-order valence-corrected chi connectivity index (χ1v) is 5.61. The molecule has 4 nitrogen and oxygen atoms in total. The fourth-order valence-electron chi connectivity index (χ4n) is 1.46. The molecule has 1 aliphatic heterocycles. The number of phenolic OH excluding ortho intramolecular Hbond substituents is 1. The van der Waals surface area contributed by atoms with Crippen molar-refractivity contribution in [2.75, 3.05) is 5.75 Å². The zero-order valence-electron chi connectivity index (χ0n) is 7.88. The van der Waals surface area contributed by atoms with E-state index in [0.29, 0.717) is 5.75 Å². The molecule has 5 heteroatoms. The highest BCUT2D eigenvalue weighted by Crippen LogP contribution is 2.33. The zero-order valence-corrected chi connectivity index (χ0v) is 8.70. The van der Waals surface area contributed by atoms with E-state index in [0.717, 1.165) is 5.56 Å². The number of carboxylic acids is 1. The minimum absolute atomic E-state index is 0.00620. The summed E-state index contributed by atoms with van der Waals surface area (Å²) in [5.41, 5.74) is 0.988. The average Bonchev–Trinajstić information content (AvgIpc) is 2.68. The van der Waals surface area contributed by atoms with Gasteiger partial charge >= 0.3 is 5.97 Å². The highest BCUT2D eigenvalue weighted by molar-refractivity contribution is 7.99. The topological polar surface area (TPSA) is 69.6 Å². The molecule has 0 spiro atoms. The van der Waals surface area contributed by atoms with Gasteiger partial charge in [-0.2, -0.15) is 0 Å². The fraction of sp³-hybridized carbons (Fsp3) is 0.300. The summed E-state index contributed by atoms with van der Waals surface area (Å²) in [5, 5.41) is 20.9. The number of phenols is 1. The number of aromatic hydroxyl groups is 1. The maximum Gasteiger partial charge on any atom is 0.321 e. The van der Waals surface area contributed by atoms with Crippen LogP contribution in [0.25, 0.3) is 0 Å². The Morgan fingerprint density at radius 3 is 2.60 bits per heavy atom. The molecule has 0 aliphatic carbocycles. The van der Waals surface area contributed by atoms with Crippen molar-refractivity contribution in [3.05, 3.63) is 29.8 Å². The van der Waals surface area contributed by atoms with Crippen LogP contribution in [-0.2, 0) is 4.79 Å². The number of hydrogen-bond acceptors (Lipinski definition) is 4. The fourth-order valence-corrected chi connectivity index (χ4v) is 2.69. The molecular formula is C10H11NO3S. The lowest BCUT2D eigenvalue weighted by atomic mass is 10.2. The Bertz CT molecular complexity index is 365. The summed E-state index contributed by atoms with van der Waals surface area (Å²) in [4.78, 5) is 10.7. The van der Waals surface area contributed by atoms with E-state index < -0.39 is 12.0 Å². The van der Waals surface area contributed by atoms with Crippen molar-refractivity contribution >= 4 is 17.7 Å². The minimum atomic E-state index is -0.816. The lowest BCUT2D eigenvalue weighted by molar-refractivity contribution is -0.138. The van der Waals surface area contributed by atoms with Crippen LogP contribution in [0, 0.1) is 0 Å². The summed E-state index contributed by atoms with van der Waals surface area (Å²) in [5.74, 6) is -0.0266. The van der Waals surface area contributed by atoms with Gasteiger partial charge in [-0.1, -0.05) is 12.1 Å². The summed E-state index contributed by atoms with van der Waals surface area (Å²) in [7, 11) is 0. The van der Waals surface area contributed by atoms with Gasteiger partial charge in [0, 0.05) is 5.75 Å². The third-order valence-corrected chi connectivity index (χ3v) is 3.54. The van der Waals surface area contributed by atoms with Crippen molar-refractivity contribution in [2.45, 2.75) is 11.4 Å². The third kappa shape index (κ3) is 2.24. The molecule has 1 heterocycles. The second-order valence-corrected chi connectivity index (χ2v) is 4.50. The molecule has 1 aliphatic rings. The Labute approximate surface area is 91.3 Å². The molecule has 0 radical (unpaired) electrons. The Morgan fingerprint density at radius 1 is 1.40 bits per heavy atom. The van der Waals surface area contributed by atoms with Gasteiger partial charge in [0.05, 0.1) is 5.37 Å². The molecule has 3 N–H and O–H groups in total. The first-order chi connectivity index (χ1) is 7.16. The summed E-state index contributed by atoms with van der Waals surface area (Å²) in [6.45, 7) is 0. The van der Waals surface area contributed by atoms with Crippen LogP contribution >= 0.6 is 11.8 Å². The molecule has 1 saturated heterocycles. The number of nitrogens with one attached hydrogen (secondary N) is 1. The van der Waals surface area contributed by atoms with Crippen molar-refractivity contribution in [2.24, 2.45) is 0 Å². The molecule has 0 saturated carbocycles. The van der Waals surface area contributed by atoms with Crippen LogP contribution < -0.4 is 5.32 Å². The first-order valence-electron chi connectivity index (χ1n) is 4.56. The monoisotopic (exact) mass is 225 g/mol. The van der Waals surface area contributed by atoms with Crippen molar-refractivity contribution in [1.82, 2.24) is 5.32 Å². The molecular weight excluding hydrogens is 214 g/mol. The highest BCUT2D eigenvalue weighted by atomic mass is 32.2. The van der Waals surface area contributed by atoms with Gasteiger partial charge in [0.25, 0.3) is 0 Å². The molecule has 0 amide bonds. The summed E-state index contributed by atoms with van der Waals surface area (Å²) in [6.07, 6.45) is 0. The lowest BCUT2D eigenvalue weighted by Crippen LogP contribution is -2.33. The molecule has 0 bridgehead atoms. The molecule has 1 unspecified atom stereocenters. The number of carbonyl (C=O) groups is 1. The van der Waals surface area contributed by atoms with Gasteiger partial charge in [0.1, 0.15) is 11.8 Å². The van der Waals surface area contributed by atoms with E-state index in [4.69, 9.17) is 10.2 Å². The number of benzene rings is 1. The maximum absolute atomic E-state index is 10.7. The van der Waals surface area contributed by atoms with Crippen LogP contribution in [0.3, 0.4) is 0 Å². The van der Waals surface area contributed by atoms with E-state index in [1.165, 1.54) is 0 Å². The van der Waals surface area contributed by atoms with Crippen molar-refractivity contribution in [3.63, 3.8) is 0 Å². The first kappa shape index (κ1) is 10.3. The molecule has 1 fully saturated rings. The van der Waals surface area contributed by atoms with E-state index in [9.17, 15) is 4.79 Å². The van der Waals surface area contributed by atoms with Gasteiger partial charge in [-0.3, -0.25) is 10.1 Å². The standard InChI is InChI=1S/C10H11NO3S/c12-7-3-1-6(2-4-7)9-11-8(5-15-9)10(13)14/h1-4,8-9,11-12H,5H2,(H,13,14)/t8-,9?/m1/s1. The van der Waals surface area contributed by atoms with Gasteiger partial charge in [-0.25, -0.2) is 0 Å². The van der Waals surface area contributed by atoms with Crippen LogP contribution in [0.15, 0.2) is 24.3 Å². The van der Waals surface area contributed by atoms with E-state index in [1.54, 1.807) is 36.0 Å². The number of aliphatic carboxylic acids is 1. The van der Waals surface area contributed by atoms with E-state index in [1.807, 2.05) is 0 Å². The molecule has 1 aromatic rings. The Hall–Kier alpha value is -1.20. The summed E-state index contributed by atoms with van der Waals surface area (Å²) < 4.78 is 0. The van der Waals surface area contributed by atoms with Crippen LogP contribution in [0.1, 0.15) is 10.9 Å². The van der Waals surface area contributed by atoms with E-state index in [-0.39, 0.29) is 11.1 Å². The molecule has 15 heavy (non-hydrogen) atoms. The Balaban J connectivity index is 2.07. The van der Waals surface area contributed by atoms with Crippen LogP contribution in [0.4, 0.5) is 0 Å². The maximum atomic E-state index is 10.7. The number of rotatable bonds is 2. The largest absolute Gasteiger partial charge is 0.508 e. The Kier molecular flexibility index (Phi) is 2.83. The molecule has 2 atom stereocenters. The molecule has 0 aromatic heterocycles. The second kappa shape index (κ2) is 4.12. The van der Waals surface area contributed by atoms with Crippen molar-refractivity contribution in [3.8, 4) is 5.75 Å². The molecule has 2 rings (SSSR count). The van der Waals surface area contributed by atoms with E-state index in [2.05, 4.69) is 5.32 Å². The average molecular weight is 225 g/mol.